The van der Waals surface area contributed by atoms with Gasteiger partial charge in [-0.3, -0.25) is 0 Å². The van der Waals surface area contributed by atoms with Gasteiger partial charge in [0.15, 0.2) is 23.1 Å². The van der Waals surface area contributed by atoms with Gasteiger partial charge in [0, 0.05) is 18.2 Å². The lowest BCUT2D eigenvalue weighted by atomic mass is 10.2. The van der Waals surface area contributed by atoms with Gasteiger partial charge in [0.25, 0.3) is 0 Å². The molecule has 0 N–H and O–H groups in total. The van der Waals surface area contributed by atoms with E-state index in [2.05, 4.69) is 33.6 Å². The number of hydrogen-bond donors (Lipinski definition) is 0. The van der Waals surface area contributed by atoms with Crippen molar-refractivity contribution in [2.75, 3.05) is 13.2 Å². The van der Waals surface area contributed by atoms with Crippen LogP contribution in [0.2, 0.25) is 0 Å². The summed E-state index contributed by atoms with van der Waals surface area (Å²) in [5.74, 6) is -2.00. The molecule has 5 aromatic rings. The Morgan fingerprint density at radius 1 is 0.540 bits per heavy atom. The number of rotatable bonds is 14. The van der Waals surface area contributed by atoms with Gasteiger partial charge in [0.2, 0.25) is 0 Å². The summed E-state index contributed by atoms with van der Waals surface area (Å²) in [5.41, 5.74) is 1.88. The SMILES string of the molecule is C=CCOc1ccc(N=Nc2ccc(C(=O)Oc3cccc(OC(=O)c4ccc(N=Nc5ccc(OCC=C)c(F)c5)cc4)c3)cc2)cc1F. The van der Waals surface area contributed by atoms with Crippen LogP contribution in [-0.4, -0.2) is 25.2 Å². The Kier molecular flexibility index (Phi) is 11.6. The summed E-state index contributed by atoms with van der Waals surface area (Å²) in [7, 11) is 0. The molecule has 0 radical (unpaired) electrons. The Bertz CT molecular complexity index is 1920. The molecular formula is C38H28F2N4O6. The highest BCUT2D eigenvalue weighted by Crippen LogP contribution is 2.27. The van der Waals surface area contributed by atoms with Gasteiger partial charge in [0.1, 0.15) is 24.7 Å². The third-order valence-electron chi connectivity index (χ3n) is 6.54. The van der Waals surface area contributed by atoms with Crippen LogP contribution >= 0.6 is 0 Å². The van der Waals surface area contributed by atoms with E-state index in [4.69, 9.17) is 18.9 Å². The first-order chi connectivity index (χ1) is 24.3. The first-order valence-corrected chi connectivity index (χ1v) is 15.0. The van der Waals surface area contributed by atoms with Crippen molar-refractivity contribution in [2.24, 2.45) is 20.5 Å². The van der Waals surface area contributed by atoms with Gasteiger partial charge in [-0.05, 0) is 84.9 Å². The average molecular weight is 675 g/mol. The molecular weight excluding hydrogens is 646 g/mol. The van der Waals surface area contributed by atoms with E-state index in [1.807, 2.05) is 0 Å². The van der Waals surface area contributed by atoms with Crippen molar-refractivity contribution in [2.45, 2.75) is 0 Å². The third kappa shape index (κ3) is 9.61. The van der Waals surface area contributed by atoms with E-state index in [0.29, 0.717) is 11.4 Å². The molecule has 5 aromatic carbocycles. The molecule has 0 unspecified atom stereocenters. The number of halogens is 2. The van der Waals surface area contributed by atoms with Crippen LogP contribution in [0.15, 0.2) is 155 Å². The predicted molar refractivity (Wildman–Crippen MR) is 182 cm³/mol. The second-order valence-electron chi connectivity index (χ2n) is 10.2. The number of azo groups is 2. The van der Waals surface area contributed by atoms with Gasteiger partial charge >= 0.3 is 11.9 Å². The smallest absolute Gasteiger partial charge is 0.343 e. The molecule has 0 aromatic heterocycles. The van der Waals surface area contributed by atoms with Crippen molar-refractivity contribution in [1.82, 2.24) is 0 Å². The van der Waals surface area contributed by atoms with Crippen LogP contribution in [0.5, 0.6) is 23.0 Å². The number of hydrogen-bond acceptors (Lipinski definition) is 10. The predicted octanol–water partition coefficient (Wildman–Crippen LogP) is 10.4. The Morgan fingerprint density at radius 2 is 0.920 bits per heavy atom. The molecule has 0 atom stereocenters. The van der Waals surface area contributed by atoms with E-state index < -0.39 is 23.6 Å². The first-order valence-electron chi connectivity index (χ1n) is 15.0. The summed E-state index contributed by atoms with van der Waals surface area (Å²) in [6.07, 6.45) is 3.02. The zero-order valence-corrected chi connectivity index (χ0v) is 26.4. The van der Waals surface area contributed by atoms with Crippen LogP contribution in [0, 0.1) is 11.6 Å². The molecule has 0 saturated carbocycles. The quantitative estimate of drug-likeness (QED) is 0.0500. The molecule has 5 rings (SSSR count). The zero-order chi connectivity index (χ0) is 35.3. The van der Waals surface area contributed by atoms with Crippen LogP contribution in [0.25, 0.3) is 0 Å². The molecule has 0 bridgehead atoms. The number of esters is 2. The lowest BCUT2D eigenvalue weighted by Gasteiger charge is -2.08. The van der Waals surface area contributed by atoms with Crippen LogP contribution in [0.1, 0.15) is 20.7 Å². The summed E-state index contributed by atoms with van der Waals surface area (Å²) >= 11 is 0. The number of carbonyl (C=O) groups excluding carboxylic acids is 2. The molecule has 0 aliphatic carbocycles. The van der Waals surface area contributed by atoms with Gasteiger partial charge < -0.3 is 18.9 Å². The number of benzene rings is 5. The molecule has 0 aliphatic heterocycles. The average Bonchev–Trinajstić information content (AvgIpc) is 3.13. The molecule has 0 heterocycles. The Balaban J connectivity index is 1.14. The van der Waals surface area contributed by atoms with Crippen molar-refractivity contribution >= 4 is 34.7 Å². The summed E-state index contributed by atoms with van der Waals surface area (Å²) in [4.78, 5) is 25.5. The zero-order valence-electron chi connectivity index (χ0n) is 26.4. The normalized spacial score (nSPS) is 10.9. The molecule has 250 valence electrons. The maximum Gasteiger partial charge on any atom is 0.343 e. The molecule has 50 heavy (non-hydrogen) atoms. The van der Waals surface area contributed by atoms with Crippen LogP contribution < -0.4 is 18.9 Å². The summed E-state index contributed by atoms with van der Waals surface area (Å²) in [5, 5.41) is 16.2. The van der Waals surface area contributed by atoms with Crippen molar-refractivity contribution in [1.29, 1.82) is 0 Å². The fourth-order valence-electron chi connectivity index (χ4n) is 4.13. The standard InChI is InChI=1S/C38H28F2N4O6/c1-3-20-47-35-18-16-29(22-33(35)39)43-41-27-12-8-25(9-13-27)37(45)49-31-6-5-7-32(24-31)50-38(46)26-10-14-28(15-11-26)42-44-30-17-19-36(34(40)23-30)48-21-4-2/h3-19,22-24H,1-2,20-21H2. The van der Waals surface area contributed by atoms with E-state index in [1.54, 1.807) is 42.5 Å². The molecule has 0 aliphatic rings. The monoisotopic (exact) mass is 674 g/mol. The minimum absolute atomic E-state index is 0.0800. The fourth-order valence-corrected chi connectivity index (χ4v) is 4.13. The molecule has 0 fully saturated rings. The van der Waals surface area contributed by atoms with Crippen LogP contribution in [-0.2, 0) is 0 Å². The Morgan fingerprint density at radius 3 is 1.30 bits per heavy atom. The maximum atomic E-state index is 14.2. The third-order valence-corrected chi connectivity index (χ3v) is 6.54. The van der Waals surface area contributed by atoms with Gasteiger partial charge in [-0.1, -0.05) is 31.4 Å². The molecule has 0 amide bonds. The number of ether oxygens (including phenoxy) is 4. The van der Waals surface area contributed by atoms with E-state index in [1.165, 1.54) is 78.9 Å². The van der Waals surface area contributed by atoms with Gasteiger partial charge in [-0.15, -0.1) is 0 Å². The summed E-state index contributed by atoms with van der Waals surface area (Å²) < 4.78 is 49.6. The van der Waals surface area contributed by atoms with E-state index in [0.717, 1.165) is 0 Å². The largest absolute Gasteiger partial charge is 0.486 e. The topological polar surface area (TPSA) is 121 Å². The second-order valence-corrected chi connectivity index (χ2v) is 10.2. The Hall–Kier alpha value is -6.82. The minimum Gasteiger partial charge on any atom is -0.486 e. The number of nitrogens with zero attached hydrogens (tertiary/aromatic N) is 4. The Labute approximate surface area is 285 Å². The fraction of sp³-hybridized carbons (Fsp3) is 0.0526. The molecule has 10 nitrogen and oxygen atoms in total. The molecule has 0 spiro atoms. The lowest BCUT2D eigenvalue weighted by Crippen LogP contribution is -2.10. The second kappa shape index (κ2) is 16.8. The van der Waals surface area contributed by atoms with E-state index >= 15 is 0 Å². The summed E-state index contributed by atoms with van der Waals surface area (Å²) in [6.45, 7) is 7.40. The van der Waals surface area contributed by atoms with Crippen molar-refractivity contribution in [3.05, 3.63) is 157 Å². The number of carbonyl (C=O) groups is 2. The lowest BCUT2D eigenvalue weighted by molar-refractivity contribution is 0.0733. The minimum atomic E-state index is -0.654. The highest BCUT2D eigenvalue weighted by atomic mass is 19.1. The van der Waals surface area contributed by atoms with Gasteiger partial charge in [-0.2, -0.15) is 20.5 Å². The van der Waals surface area contributed by atoms with Crippen molar-refractivity contribution in [3.63, 3.8) is 0 Å². The van der Waals surface area contributed by atoms with Crippen molar-refractivity contribution < 1.29 is 37.3 Å². The van der Waals surface area contributed by atoms with Gasteiger partial charge in [0.05, 0.1) is 33.9 Å². The van der Waals surface area contributed by atoms with E-state index in [-0.39, 0.29) is 58.7 Å². The first kappa shape index (κ1) is 34.5. The van der Waals surface area contributed by atoms with Crippen LogP contribution in [0.3, 0.4) is 0 Å². The summed E-state index contributed by atoms with van der Waals surface area (Å²) in [6, 6.07) is 26.7. The van der Waals surface area contributed by atoms with Crippen LogP contribution in [0.4, 0.5) is 31.5 Å². The maximum absolute atomic E-state index is 14.2. The highest BCUT2D eigenvalue weighted by molar-refractivity contribution is 5.92. The molecule has 0 saturated heterocycles. The van der Waals surface area contributed by atoms with Gasteiger partial charge in [-0.25, -0.2) is 18.4 Å². The molecule has 12 heteroatoms. The highest BCUT2D eigenvalue weighted by Gasteiger charge is 2.13. The van der Waals surface area contributed by atoms with Crippen molar-refractivity contribution in [3.8, 4) is 23.0 Å². The van der Waals surface area contributed by atoms with E-state index in [9.17, 15) is 18.4 Å².